The summed E-state index contributed by atoms with van der Waals surface area (Å²) < 4.78 is 10.7. The molecule has 0 radical (unpaired) electrons. The van der Waals surface area contributed by atoms with Crippen molar-refractivity contribution in [1.82, 2.24) is 10.3 Å². The Morgan fingerprint density at radius 1 is 0.897 bits per heavy atom. The van der Waals surface area contributed by atoms with Crippen LogP contribution in [0.5, 0.6) is 11.5 Å². The second kappa shape index (κ2) is 12.8. The van der Waals surface area contributed by atoms with Gasteiger partial charge in [0.2, 0.25) is 5.91 Å². The van der Waals surface area contributed by atoms with Crippen LogP contribution in [-0.4, -0.2) is 48.0 Å². The zero-order chi connectivity index (χ0) is 27.8. The van der Waals surface area contributed by atoms with Gasteiger partial charge in [0.15, 0.2) is 0 Å². The van der Waals surface area contributed by atoms with Crippen molar-refractivity contribution in [2.45, 2.75) is 37.6 Å². The standard InChI is InChI=1S/C31H32N2O6/c1-38-23-11-8-21(9-12-23)25(27-19-32-28-14-13-24(39-2)18-26(27)28)17-22(34)10-15-30(35)33-29(31(36)37)16-20-6-4-3-5-7-20/h3-9,11-14,18-19,25,29,32H,10,15-17H2,1-2H3,(H,33,35)(H,36,37)/t25-,29+/m1/s1. The maximum absolute atomic E-state index is 13.2. The fourth-order valence-electron chi connectivity index (χ4n) is 4.68. The monoisotopic (exact) mass is 528 g/mol. The number of ketones is 1. The molecule has 202 valence electrons. The Labute approximate surface area is 227 Å². The highest BCUT2D eigenvalue weighted by Gasteiger charge is 2.24. The van der Waals surface area contributed by atoms with Gasteiger partial charge in [0, 0.05) is 48.7 Å². The molecule has 0 aliphatic rings. The van der Waals surface area contributed by atoms with Gasteiger partial charge in [-0.05, 0) is 47.0 Å². The molecular formula is C31H32N2O6. The fourth-order valence-corrected chi connectivity index (χ4v) is 4.68. The third-order valence-electron chi connectivity index (χ3n) is 6.79. The van der Waals surface area contributed by atoms with E-state index in [2.05, 4.69) is 10.3 Å². The van der Waals surface area contributed by atoms with Gasteiger partial charge in [-0.2, -0.15) is 0 Å². The van der Waals surface area contributed by atoms with E-state index >= 15 is 0 Å². The molecule has 1 amide bonds. The molecule has 1 heterocycles. The van der Waals surface area contributed by atoms with Crippen molar-refractivity contribution in [3.05, 3.63) is 95.7 Å². The largest absolute Gasteiger partial charge is 0.497 e. The Hall–Kier alpha value is -4.59. The van der Waals surface area contributed by atoms with Crippen LogP contribution < -0.4 is 14.8 Å². The number of aromatic nitrogens is 1. The lowest BCUT2D eigenvalue weighted by atomic mass is 9.86. The number of carboxylic acid groups (broad SMARTS) is 1. The number of Topliss-reactive ketones (excluding diaryl/α,β-unsaturated/α-hetero) is 1. The van der Waals surface area contributed by atoms with Crippen LogP contribution in [0.25, 0.3) is 10.9 Å². The summed E-state index contributed by atoms with van der Waals surface area (Å²) >= 11 is 0. The number of carbonyl (C=O) groups excluding carboxylic acids is 2. The third-order valence-corrected chi connectivity index (χ3v) is 6.79. The number of amides is 1. The minimum Gasteiger partial charge on any atom is -0.497 e. The number of aromatic amines is 1. The summed E-state index contributed by atoms with van der Waals surface area (Å²) in [6, 6.07) is 21.4. The molecule has 8 heteroatoms. The van der Waals surface area contributed by atoms with Crippen LogP contribution in [0.4, 0.5) is 0 Å². The number of carboxylic acids is 1. The molecule has 0 unspecified atom stereocenters. The highest BCUT2D eigenvalue weighted by Crippen LogP contribution is 2.36. The minimum atomic E-state index is -1.12. The van der Waals surface area contributed by atoms with E-state index < -0.39 is 17.9 Å². The van der Waals surface area contributed by atoms with E-state index in [1.165, 1.54) is 0 Å². The number of ether oxygens (including phenoxy) is 2. The van der Waals surface area contributed by atoms with Crippen molar-refractivity contribution in [2.24, 2.45) is 0 Å². The molecule has 39 heavy (non-hydrogen) atoms. The van der Waals surface area contributed by atoms with E-state index in [0.29, 0.717) is 11.5 Å². The molecule has 3 N–H and O–H groups in total. The van der Waals surface area contributed by atoms with E-state index in [1.807, 2.05) is 79.0 Å². The topological polar surface area (TPSA) is 118 Å². The molecule has 4 rings (SSSR count). The number of benzene rings is 3. The number of methoxy groups -OCH3 is 2. The summed E-state index contributed by atoms with van der Waals surface area (Å²) in [7, 11) is 3.21. The van der Waals surface area contributed by atoms with Crippen LogP contribution in [0.3, 0.4) is 0 Å². The predicted molar refractivity (Wildman–Crippen MR) is 148 cm³/mol. The van der Waals surface area contributed by atoms with E-state index in [1.54, 1.807) is 14.2 Å². The van der Waals surface area contributed by atoms with Crippen molar-refractivity contribution < 1.29 is 29.0 Å². The van der Waals surface area contributed by atoms with Gasteiger partial charge in [-0.15, -0.1) is 0 Å². The highest BCUT2D eigenvalue weighted by molar-refractivity contribution is 5.90. The number of aliphatic carboxylic acids is 1. The molecule has 1 aromatic heterocycles. The average molecular weight is 529 g/mol. The summed E-state index contributed by atoms with van der Waals surface area (Å²) in [5, 5.41) is 13.1. The molecule has 8 nitrogen and oxygen atoms in total. The second-order valence-electron chi connectivity index (χ2n) is 9.37. The van der Waals surface area contributed by atoms with Crippen molar-refractivity contribution in [3.8, 4) is 11.5 Å². The second-order valence-corrected chi connectivity index (χ2v) is 9.37. The number of carbonyl (C=O) groups is 3. The lowest BCUT2D eigenvalue weighted by molar-refractivity contribution is -0.141. The van der Waals surface area contributed by atoms with Gasteiger partial charge < -0.3 is 24.9 Å². The first-order valence-electron chi connectivity index (χ1n) is 12.7. The van der Waals surface area contributed by atoms with Gasteiger partial charge in [-0.25, -0.2) is 4.79 Å². The number of rotatable bonds is 13. The Morgan fingerprint density at radius 3 is 2.26 bits per heavy atom. The maximum atomic E-state index is 13.2. The maximum Gasteiger partial charge on any atom is 0.326 e. The average Bonchev–Trinajstić information content (AvgIpc) is 3.38. The lowest BCUT2D eigenvalue weighted by Crippen LogP contribution is -2.42. The van der Waals surface area contributed by atoms with E-state index in [4.69, 9.17) is 9.47 Å². The van der Waals surface area contributed by atoms with Crippen molar-refractivity contribution in [3.63, 3.8) is 0 Å². The van der Waals surface area contributed by atoms with Gasteiger partial charge in [-0.1, -0.05) is 42.5 Å². The Balaban J connectivity index is 1.47. The molecule has 0 saturated heterocycles. The van der Waals surface area contributed by atoms with Crippen LogP contribution in [-0.2, 0) is 20.8 Å². The van der Waals surface area contributed by atoms with E-state index in [9.17, 15) is 19.5 Å². The SMILES string of the molecule is COc1ccc([C@@H](CC(=O)CCC(=O)N[C@@H](Cc2ccccc2)C(=O)O)c2c[nH]c3ccc(OC)cc23)cc1. The van der Waals surface area contributed by atoms with E-state index in [-0.39, 0.29) is 37.4 Å². The number of nitrogens with one attached hydrogen (secondary N) is 2. The molecule has 4 aromatic rings. The van der Waals surface area contributed by atoms with Crippen molar-refractivity contribution in [1.29, 1.82) is 0 Å². The van der Waals surface area contributed by atoms with Crippen LogP contribution in [0, 0.1) is 0 Å². The first kappa shape index (κ1) is 27.4. The van der Waals surface area contributed by atoms with Gasteiger partial charge in [-0.3, -0.25) is 9.59 Å². The summed E-state index contributed by atoms with van der Waals surface area (Å²) in [5.74, 6) is -0.527. The molecule has 3 aromatic carbocycles. The smallest absolute Gasteiger partial charge is 0.326 e. The summed E-state index contributed by atoms with van der Waals surface area (Å²) in [6.45, 7) is 0. The van der Waals surface area contributed by atoms with E-state index in [0.717, 1.165) is 27.6 Å². The van der Waals surface area contributed by atoms with Crippen LogP contribution >= 0.6 is 0 Å². The zero-order valence-electron chi connectivity index (χ0n) is 22.0. The van der Waals surface area contributed by atoms with Gasteiger partial charge in [0.05, 0.1) is 14.2 Å². The first-order chi connectivity index (χ1) is 18.9. The molecule has 2 atom stereocenters. The summed E-state index contributed by atoms with van der Waals surface area (Å²) in [5.41, 5.74) is 3.61. The van der Waals surface area contributed by atoms with Crippen LogP contribution in [0.1, 0.15) is 41.9 Å². The van der Waals surface area contributed by atoms with Gasteiger partial charge >= 0.3 is 5.97 Å². The number of H-pyrrole nitrogens is 1. The van der Waals surface area contributed by atoms with Crippen LogP contribution in [0.2, 0.25) is 0 Å². The molecule has 0 bridgehead atoms. The summed E-state index contributed by atoms with van der Waals surface area (Å²) in [4.78, 5) is 40.7. The molecule has 0 aliphatic carbocycles. The molecule has 0 spiro atoms. The third kappa shape index (κ3) is 7.04. The Bertz CT molecular complexity index is 1430. The molecule has 0 aliphatic heterocycles. The molecular weight excluding hydrogens is 496 g/mol. The number of fused-ring (bicyclic) bond motifs is 1. The Morgan fingerprint density at radius 2 is 1.59 bits per heavy atom. The minimum absolute atomic E-state index is 0.00183. The quantitative estimate of drug-likeness (QED) is 0.228. The Kier molecular flexibility index (Phi) is 8.99. The first-order valence-corrected chi connectivity index (χ1v) is 12.7. The van der Waals surface area contributed by atoms with Gasteiger partial charge in [0.25, 0.3) is 0 Å². The van der Waals surface area contributed by atoms with Gasteiger partial charge in [0.1, 0.15) is 23.3 Å². The predicted octanol–water partition coefficient (Wildman–Crippen LogP) is 4.87. The van der Waals surface area contributed by atoms with Crippen molar-refractivity contribution in [2.75, 3.05) is 14.2 Å². The highest BCUT2D eigenvalue weighted by atomic mass is 16.5. The van der Waals surface area contributed by atoms with Crippen LogP contribution in [0.15, 0.2) is 79.0 Å². The zero-order valence-corrected chi connectivity index (χ0v) is 22.0. The van der Waals surface area contributed by atoms with Crippen molar-refractivity contribution >= 4 is 28.6 Å². The lowest BCUT2D eigenvalue weighted by Gasteiger charge is -2.18. The number of hydrogen-bond acceptors (Lipinski definition) is 5. The molecule has 0 fully saturated rings. The normalized spacial score (nSPS) is 12.5. The number of hydrogen-bond donors (Lipinski definition) is 3. The fraction of sp³-hybridized carbons (Fsp3) is 0.258. The molecule has 0 saturated carbocycles. The summed E-state index contributed by atoms with van der Waals surface area (Å²) in [6.07, 6.45) is 2.16.